The van der Waals surface area contributed by atoms with Gasteiger partial charge in [-0.2, -0.15) is 4.31 Å². The van der Waals surface area contributed by atoms with E-state index < -0.39 is 101 Å². The first-order valence-corrected chi connectivity index (χ1v) is 13.9. The van der Waals surface area contributed by atoms with E-state index in [1.807, 2.05) is 10.3 Å². The van der Waals surface area contributed by atoms with Gasteiger partial charge in [0.25, 0.3) is 5.56 Å². The Bertz CT molecular complexity index is 1240. The molecule has 1 aromatic heterocycles. The number of aromatic nitrogens is 2. The van der Waals surface area contributed by atoms with E-state index in [-0.39, 0.29) is 0 Å². The van der Waals surface area contributed by atoms with Gasteiger partial charge in [0.05, 0.1) is 13.2 Å². The number of phosphoric ester groups is 2. The van der Waals surface area contributed by atoms with Gasteiger partial charge in [-0.3, -0.25) is 28.2 Å². The third-order valence-corrected chi connectivity index (χ3v) is 8.11. The van der Waals surface area contributed by atoms with E-state index in [1.165, 1.54) is 0 Å². The Balaban J connectivity index is 1.66. The quantitative estimate of drug-likeness (QED) is 0.119. The Labute approximate surface area is 216 Å². The lowest BCUT2D eigenvalue weighted by Gasteiger charge is -2.41. The second-order valence-corrected chi connectivity index (χ2v) is 11.4. The average molecular weight is 609 g/mol. The van der Waals surface area contributed by atoms with E-state index >= 15 is 0 Å². The summed E-state index contributed by atoms with van der Waals surface area (Å²) in [6, 6.07) is -0.898. The highest BCUT2D eigenvalue weighted by Gasteiger charge is 2.51. The molecule has 2 unspecified atom stereocenters. The lowest BCUT2D eigenvalue weighted by molar-refractivity contribution is -0.233. The number of phosphoric acid groups is 2. The summed E-state index contributed by atoms with van der Waals surface area (Å²) < 4.78 is 63.1. The molecular formula is C17H26FN3O16P2. The number of halogens is 1. The zero-order valence-electron chi connectivity index (χ0n) is 19.8. The molecule has 0 spiro atoms. The first kappa shape index (κ1) is 31.6. The van der Waals surface area contributed by atoms with Gasteiger partial charge in [-0.05, 0) is 0 Å². The first-order valence-electron chi connectivity index (χ1n) is 10.9. The SMILES string of the molecule is CC(=O)N[C@H]1[C@@H](OP(=O)(O)OP(=O)(O)OC[C@H]2O[C@@H](n3ccc(=O)[nH]c3=O)[C@H](O)[C@@H]2O)O[C@H](CO)[C@@H](F)[C@@H]1O. The summed E-state index contributed by atoms with van der Waals surface area (Å²) in [5.74, 6) is -0.851. The first-order chi connectivity index (χ1) is 18.0. The van der Waals surface area contributed by atoms with Crippen molar-refractivity contribution in [1.29, 1.82) is 0 Å². The van der Waals surface area contributed by atoms with Crippen LogP contribution >= 0.6 is 15.6 Å². The molecule has 8 N–H and O–H groups in total. The Morgan fingerprint density at radius 2 is 1.79 bits per heavy atom. The predicted octanol–water partition coefficient (Wildman–Crippen LogP) is -3.67. The lowest BCUT2D eigenvalue weighted by Crippen LogP contribution is -2.63. The van der Waals surface area contributed by atoms with Crippen molar-refractivity contribution in [3.63, 3.8) is 0 Å². The van der Waals surface area contributed by atoms with Gasteiger partial charge in [0.15, 0.2) is 18.7 Å². The van der Waals surface area contributed by atoms with Gasteiger partial charge in [0, 0.05) is 19.2 Å². The number of H-pyrrole nitrogens is 1. The number of nitrogens with zero attached hydrogens (tertiary/aromatic N) is 1. The molecule has 3 rings (SSSR count). The zero-order valence-corrected chi connectivity index (χ0v) is 21.5. The average Bonchev–Trinajstić information content (AvgIpc) is 3.10. The highest BCUT2D eigenvalue weighted by atomic mass is 31.3. The molecule has 2 aliphatic heterocycles. The number of aliphatic hydroxyl groups excluding tert-OH is 4. The number of aromatic amines is 1. The molecule has 11 atom stereocenters. The van der Waals surface area contributed by atoms with Crippen molar-refractivity contribution in [2.75, 3.05) is 13.2 Å². The van der Waals surface area contributed by atoms with Gasteiger partial charge in [-0.25, -0.2) is 18.3 Å². The molecule has 222 valence electrons. The standard InChI is InChI=1S/C17H26FN3O16P2/c1-6(23)19-11-13(26)10(18)7(4-22)35-16(11)36-39(31,32)37-38(29,30)33-5-8-12(25)14(27)15(34-8)21-3-2-9(24)20-17(21)28/h2-3,7-8,10-16,22,25-27H,4-5H2,1H3,(H,19,23)(H,29,30)(H,31,32)(H,20,24,28)/t7-,8-,10-,11-,12-,13+,14-,15-,16-/m1/s1. The Morgan fingerprint density at radius 3 is 2.38 bits per heavy atom. The number of hydrogen-bond donors (Lipinski definition) is 8. The third-order valence-electron chi connectivity index (χ3n) is 5.51. The van der Waals surface area contributed by atoms with E-state index in [0.29, 0.717) is 4.57 Å². The number of alkyl halides is 1. The zero-order chi connectivity index (χ0) is 29.3. The molecule has 0 aliphatic carbocycles. The van der Waals surface area contributed by atoms with Crippen molar-refractivity contribution in [3.05, 3.63) is 33.1 Å². The van der Waals surface area contributed by atoms with Crippen LogP contribution in [0, 0.1) is 0 Å². The van der Waals surface area contributed by atoms with Gasteiger partial charge in [-0.15, -0.1) is 0 Å². The minimum atomic E-state index is -5.67. The largest absolute Gasteiger partial charge is 0.483 e. The van der Waals surface area contributed by atoms with Crippen molar-refractivity contribution >= 4 is 21.6 Å². The van der Waals surface area contributed by atoms with E-state index in [9.17, 15) is 58.1 Å². The normalized spacial score (nSPS) is 36.2. The third kappa shape index (κ3) is 7.65. The number of aliphatic hydroxyl groups is 4. The maximum Gasteiger partial charge on any atom is 0.483 e. The van der Waals surface area contributed by atoms with Crippen molar-refractivity contribution in [2.24, 2.45) is 0 Å². The topological polar surface area (TPSA) is 286 Å². The summed E-state index contributed by atoms with van der Waals surface area (Å²) in [6.07, 6.45) is -14.1. The van der Waals surface area contributed by atoms with Crippen LogP contribution < -0.4 is 16.6 Å². The van der Waals surface area contributed by atoms with Gasteiger partial charge < -0.3 is 45.0 Å². The fraction of sp³-hybridized carbons (Fsp3) is 0.706. The maximum absolute atomic E-state index is 14.2. The number of hydrogen-bond acceptors (Lipinski definition) is 14. The summed E-state index contributed by atoms with van der Waals surface area (Å²) in [4.78, 5) is 56.3. The fourth-order valence-electron chi connectivity index (χ4n) is 3.73. The molecule has 1 aromatic rings. The maximum atomic E-state index is 14.2. The predicted molar refractivity (Wildman–Crippen MR) is 119 cm³/mol. The molecule has 0 bridgehead atoms. The van der Waals surface area contributed by atoms with E-state index in [2.05, 4.69) is 13.4 Å². The van der Waals surface area contributed by atoms with Gasteiger partial charge in [0.2, 0.25) is 5.91 Å². The van der Waals surface area contributed by atoms with Crippen LogP contribution in [-0.4, -0.2) is 108 Å². The van der Waals surface area contributed by atoms with Crippen LogP contribution in [0.15, 0.2) is 21.9 Å². The molecule has 0 saturated carbocycles. The number of amides is 1. The van der Waals surface area contributed by atoms with Gasteiger partial charge in [0.1, 0.15) is 36.6 Å². The Hall–Kier alpha value is -1.90. The minimum absolute atomic E-state index is 0.714. The van der Waals surface area contributed by atoms with Gasteiger partial charge in [-0.1, -0.05) is 0 Å². The number of ether oxygens (including phenoxy) is 2. The van der Waals surface area contributed by atoms with E-state index in [0.717, 1.165) is 19.2 Å². The van der Waals surface area contributed by atoms with Gasteiger partial charge >= 0.3 is 21.3 Å². The molecule has 1 amide bonds. The fourth-order valence-corrected chi connectivity index (χ4v) is 5.89. The van der Waals surface area contributed by atoms with Crippen molar-refractivity contribution in [3.8, 4) is 0 Å². The minimum Gasteiger partial charge on any atom is -0.394 e. The van der Waals surface area contributed by atoms with E-state index in [4.69, 9.17) is 9.47 Å². The molecule has 22 heteroatoms. The molecule has 3 heterocycles. The highest BCUT2D eigenvalue weighted by Crippen LogP contribution is 2.61. The van der Waals surface area contributed by atoms with E-state index in [1.54, 1.807) is 0 Å². The van der Waals surface area contributed by atoms with Crippen LogP contribution in [0.1, 0.15) is 13.2 Å². The molecule has 39 heavy (non-hydrogen) atoms. The van der Waals surface area contributed by atoms with Crippen LogP contribution in [0.25, 0.3) is 0 Å². The molecule has 2 fully saturated rings. The molecular weight excluding hydrogens is 583 g/mol. The number of carbonyl (C=O) groups is 1. The summed E-state index contributed by atoms with van der Waals surface area (Å²) in [7, 11) is -11.2. The monoisotopic (exact) mass is 609 g/mol. The summed E-state index contributed by atoms with van der Waals surface area (Å²) in [6.45, 7) is -1.12. The van der Waals surface area contributed by atoms with Crippen molar-refractivity contribution in [1.82, 2.24) is 14.9 Å². The Kier molecular flexibility index (Phi) is 9.98. The summed E-state index contributed by atoms with van der Waals surface area (Å²) in [5, 5.41) is 41.7. The van der Waals surface area contributed by atoms with Crippen LogP contribution in [0.3, 0.4) is 0 Å². The number of rotatable bonds is 10. The molecule has 0 radical (unpaired) electrons. The second-order valence-electron chi connectivity index (χ2n) is 8.37. The molecule has 19 nitrogen and oxygen atoms in total. The van der Waals surface area contributed by atoms with Crippen LogP contribution in [0.4, 0.5) is 4.39 Å². The van der Waals surface area contributed by atoms with Crippen LogP contribution in [0.5, 0.6) is 0 Å². The van der Waals surface area contributed by atoms with Crippen molar-refractivity contribution < 1.29 is 71.4 Å². The summed E-state index contributed by atoms with van der Waals surface area (Å²) in [5.41, 5.74) is -1.77. The lowest BCUT2D eigenvalue weighted by atomic mass is 9.98. The second kappa shape index (κ2) is 12.3. The van der Waals surface area contributed by atoms with Crippen LogP contribution in [-0.2, 0) is 36.8 Å². The molecule has 2 saturated heterocycles. The smallest absolute Gasteiger partial charge is 0.394 e. The number of nitrogens with one attached hydrogen (secondary N) is 2. The van der Waals surface area contributed by atoms with Crippen LogP contribution in [0.2, 0.25) is 0 Å². The Morgan fingerprint density at radius 1 is 1.13 bits per heavy atom. The number of carbonyl (C=O) groups excluding carboxylic acids is 1. The van der Waals surface area contributed by atoms with Crippen molar-refractivity contribution in [2.45, 2.75) is 62.2 Å². The highest BCUT2D eigenvalue weighted by molar-refractivity contribution is 7.61. The molecule has 0 aromatic carbocycles. The molecule has 2 aliphatic rings. The summed E-state index contributed by atoms with van der Waals surface area (Å²) >= 11 is 0.